The van der Waals surface area contributed by atoms with Gasteiger partial charge in [0, 0.05) is 10.6 Å². The summed E-state index contributed by atoms with van der Waals surface area (Å²) in [6, 6.07) is 9.23. The molecule has 0 aliphatic heterocycles. The third kappa shape index (κ3) is 2.16. The van der Waals surface area contributed by atoms with Crippen LogP contribution in [0.2, 0.25) is 5.02 Å². The Kier molecular flexibility index (Phi) is 2.87. The molecule has 3 heterocycles. The Hall–Kier alpha value is -2.38. The molecule has 0 radical (unpaired) electrons. The molecule has 0 saturated heterocycles. The number of benzene rings is 1. The van der Waals surface area contributed by atoms with E-state index in [2.05, 4.69) is 25.4 Å². The first-order chi connectivity index (χ1) is 10.3. The van der Waals surface area contributed by atoms with Gasteiger partial charge in [0.1, 0.15) is 11.2 Å². The highest BCUT2D eigenvalue weighted by Gasteiger charge is 2.12. The number of rotatable bonds is 2. The highest BCUT2D eigenvalue weighted by molar-refractivity contribution is 7.16. The van der Waals surface area contributed by atoms with Crippen LogP contribution in [0.25, 0.3) is 27.4 Å². The predicted octanol–water partition coefficient (Wildman–Crippen LogP) is 2.99. The van der Waals surface area contributed by atoms with Crippen LogP contribution in [0.15, 0.2) is 42.0 Å². The van der Waals surface area contributed by atoms with Crippen LogP contribution in [-0.4, -0.2) is 30.2 Å². The molecular weight excluding hydrogens is 308 g/mol. The van der Waals surface area contributed by atoms with E-state index in [1.807, 2.05) is 23.6 Å². The molecule has 4 rings (SSSR count). The zero-order chi connectivity index (χ0) is 14.2. The second-order valence-corrected chi connectivity index (χ2v) is 5.58. The van der Waals surface area contributed by atoms with Crippen molar-refractivity contribution in [2.45, 2.75) is 0 Å². The molecule has 6 nitrogen and oxygen atoms in total. The van der Waals surface area contributed by atoms with E-state index in [0.29, 0.717) is 16.7 Å². The molecule has 0 aliphatic carbocycles. The SMILES string of the molecule is Clc1ccc(-c2nnn(-c3ncnc4sccc34)n2)cc1. The van der Waals surface area contributed by atoms with Gasteiger partial charge in [-0.1, -0.05) is 11.6 Å². The second kappa shape index (κ2) is 4.87. The van der Waals surface area contributed by atoms with Crippen molar-refractivity contribution < 1.29 is 0 Å². The summed E-state index contributed by atoms with van der Waals surface area (Å²) in [6.45, 7) is 0. The van der Waals surface area contributed by atoms with Crippen molar-refractivity contribution in [3.05, 3.63) is 47.1 Å². The Labute approximate surface area is 128 Å². The van der Waals surface area contributed by atoms with E-state index < -0.39 is 0 Å². The summed E-state index contributed by atoms with van der Waals surface area (Å²) in [7, 11) is 0. The summed E-state index contributed by atoms with van der Waals surface area (Å²) >= 11 is 7.42. The number of fused-ring (bicyclic) bond motifs is 1. The van der Waals surface area contributed by atoms with Gasteiger partial charge in [-0.05, 0) is 40.9 Å². The molecule has 0 amide bonds. The van der Waals surface area contributed by atoms with Crippen LogP contribution in [0.1, 0.15) is 0 Å². The molecule has 21 heavy (non-hydrogen) atoms. The van der Waals surface area contributed by atoms with Crippen molar-refractivity contribution in [1.82, 2.24) is 30.2 Å². The van der Waals surface area contributed by atoms with E-state index in [9.17, 15) is 0 Å². The molecule has 0 unspecified atom stereocenters. The van der Waals surface area contributed by atoms with Crippen LogP contribution in [-0.2, 0) is 0 Å². The minimum absolute atomic E-state index is 0.522. The lowest BCUT2D eigenvalue weighted by atomic mass is 10.2. The van der Waals surface area contributed by atoms with Gasteiger partial charge in [0.05, 0.1) is 5.39 Å². The molecule has 0 bridgehead atoms. The van der Waals surface area contributed by atoms with E-state index in [1.54, 1.807) is 23.5 Å². The summed E-state index contributed by atoms with van der Waals surface area (Å²) in [5.74, 6) is 1.14. The molecule has 0 aliphatic rings. The van der Waals surface area contributed by atoms with Gasteiger partial charge in [-0.2, -0.15) is 0 Å². The molecule has 0 fully saturated rings. The molecule has 0 saturated carbocycles. The summed E-state index contributed by atoms with van der Waals surface area (Å²) in [5.41, 5.74) is 0.848. The van der Waals surface area contributed by atoms with E-state index in [-0.39, 0.29) is 0 Å². The molecule has 0 atom stereocenters. The van der Waals surface area contributed by atoms with Crippen LogP contribution in [0.5, 0.6) is 0 Å². The Bertz CT molecular complexity index is 914. The van der Waals surface area contributed by atoms with E-state index in [0.717, 1.165) is 15.8 Å². The van der Waals surface area contributed by atoms with Gasteiger partial charge in [-0.25, -0.2) is 9.97 Å². The molecule has 102 valence electrons. The lowest BCUT2D eigenvalue weighted by Gasteiger charge is -1.98. The number of halogens is 1. The van der Waals surface area contributed by atoms with Gasteiger partial charge in [0.15, 0.2) is 5.82 Å². The van der Waals surface area contributed by atoms with Crippen LogP contribution in [0, 0.1) is 0 Å². The van der Waals surface area contributed by atoms with Gasteiger partial charge in [0.2, 0.25) is 5.82 Å². The number of tetrazole rings is 1. The van der Waals surface area contributed by atoms with E-state index in [1.165, 1.54) is 11.1 Å². The number of thiophene rings is 1. The maximum absolute atomic E-state index is 5.88. The second-order valence-electron chi connectivity index (χ2n) is 4.25. The highest BCUT2D eigenvalue weighted by Crippen LogP contribution is 2.23. The minimum atomic E-state index is 0.522. The Morgan fingerprint density at radius 2 is 1.90 bits per heavy atom. The van der Waals surface area contributed by atoms with Crippen molar-refractivity contribution in [3.8, 4) is 17.2 Å². The molecule has 1 aromatic carbocycles. The standard InChI is InChI=1S/C13H7ClN6S/c14-9-3-1-8(2-4-9)11-17-19-20(18-11)12-10-5-6-21-13(10)16-7-15-12/h1-7H. The normalized spacial score (nSPS) is 11.1. The van der Waals surface area contributed by atoms with E-state index in [4.69, 9.17) is 11.6 Å². The Morgan fingerprint density at radius 3 is 2.76 bits per heavy atom. The first kappa shape index (κ1) is 12.4. The van der Waals surface area contributed by atoms with Gasteiger partial charge < -0.3 is 0 Å². The summed E-state index contributed by atoms with van der Waals surface area (Å²) in [6.07, 6.45) is 1.50. The Balaban J connectivity index is 1.81. The van der Waals surface area contributed by atoms with Crippen molar-refractivity contribution in [3.63, 3.8) is 0 Å². The lowest BCUT2D eigenvalue weighted by Crippen LogP contribution is -2.02. The third-order valence-corrected chi connectivity index (χ3v) is 4.02. The molecular formula is C13H7ClN6S. The van der Waals surface area contributed by atoms with Gasteiger partial charge in [-0.15, -0.1) is 26.3 Å². The third-order valence-electron chi connectivity index (χ3n) is 2.95. The van der Waals surface area contributed by atoms with Crippen LogP contribution in [0.4, 0.5) is 0 Å². The minimum Gasteiger partial charge on any atom is -0.225 e. The van der Waals surface area contributed by atoms with Crippen molar-refractivity contribution >= 4 is 33.2 Å². The maximum atomic E-state index is 5.88. The van der Waals surface area contributed by atoms with Crippen LogP contribution < -0.4 is 0 Å². The monoisotopic (exact) mass is 314 g/mol. The molecule has 4 aromatic rings. The fourth-order valence-electron chi connectivity index (χ4n) is 1.95. The van der Waals surface area contributed by atoms with Gasteiger partial charge >= 0.3 is 0 Å². The predicted molar refractivity (Wildman–Crippen MR) is 80.6 cm³/mol. The number of hydrogen-bond donors (Lipinski definition) is 0. The topological polar surface area (TPSA) is 69.4 Å². The van der Waals surface area contributed by atoms with E-state index >= 15 is 0 Å². The molecule has 3 aromatic heterocycles. The molecule has 0 N–H and O–H groups in total. The summed E-state index contributed by atoms with van der Waals surface area (Å²) < 4.78 is 0. The average Bonchev–Trinajstić information content (AvgIpc) is 3.16. The van der Waals surface area contributed by atoms with Crippen molar-refractivity contribution in [2.24, 2.45) is 0 Å². The van der Waals surface area contributed by atoms with Crippen molar-refractivity contribution in [2.75, 3.05) is 0 Å². The fourth-order valence-corrected chi connectivity index (χ4v) is 2.81. The average molecular weight is 315 g/mol. The van der Waals surface area contributed by atoms with Gasteiger partial charge in [-0.3, -0.25) is 0 Å². The zero-order valence-corrected chi connectivity index (χ0v) is 12.1. The number of aromatic nitrogens is 6. The molecule has 8 heteroatoms. The first-order valence-electron chi connectivity index (χ1n) is 6.06. The van der Waals surface area contributed by atoms with Gasteiger partial charge in [0.25, 0.3) is 0 Å². The lowest BCUT2D eigenvalue weighted by molar-refractivity contribution is 0.705. The maximum Gasteiger partial charge on any atom is 0.205 e. The molecule has 0 spiro atoms. The van der Waals surface area contributed by atoms with Crippen molar-refractivity contribution in [1.29, 1.82) is 0 Å². The summed E-state index contributed by atoms with van der Waals surface area (Å²) in [5, 5.41) is 16.0. The smallest absolute Gasteiger partial charge is 0.205 e. The van der Waals surface area contributed by atoms with Crippen LogP contribution >= 0.6 is 22.9 Å². The zero-order valence-electron chi connectivity index (χ0n) is 10.5. The fraction of sp³-hybridized carbons (Fsp3) is 0. The first-order valence-corrected chi connectivity index (χ1v) is 7.31. The van der Waals surface area contributed by atoms with Crippen LogP contribution in [0.3, 0.4) is 0 Å². The quantitative estimate of drug-likeness (QED) is 0.569. The Morgan fingerprint density at radius 1 is 1.05 bits per heavy atom. The number of nitrogens with zero attached hydrogens (tertiary/aromatic N) is 6. The summed E-state index contributed by atoms with van der Waals surface area (Å²) in [4.78, 5) is 10.8. The largest absolute Gasteiger partial charge is 0.225 e. The highest BCUT2D eigenvalue weighted by atomic mass is 35.5. The number of hydrogen-bond acceptors (Lipinski definition) is 6.